The molecule has 2 amide bonds. The first-order chi connectivity index (χ1) is 16.4. The Kier molecular flexibility index (Phi) is 5.89. The number of nitrogens with zero attached hydrogens (tertiary/aromatic N) is 4. The maximum atomic E-state index is 13.2. The summed E-state index contributed by atoms with van der Waals surface area (Å²) in [5, 5.41) is 8.05. The van der Waals surface area contributed by atoms with Crippen LogP contribution in [-0.2, 0) is 17.8 Å². The Morgan fingerprint density at radius 2 is 2.00 bits per heavy atom. The van der Waals surface area contributed by atoms with Crippen molar-refractivity contribution in [3.63, 3.8) is 0 Å². The predicted octanol–water partition coefficient (Wildman–Crippen LogP) is 4.13. The molecule has 4 aromatic rings. The molecule has 1 N–H and O–H groups in total. The van der Waals surface area contributed by atoms with Gasteiger partial charge >= 0.3 is 0 Å². The van der Waals surface area contributed by atoms with E-state index in [1.807, 2.05) is 31.2 Å². The van der Waals surface area contributed by atoms with E-state index < -0.39 is 0 Å². The number of carbonyl (C=O) groups is 2. The summed E-state index contributed by atoms with van der Waals surface area (Å²) in [6.07, 6.45) is 0.768. The molecule has 1 aliphatic rings. The maximum Gasteiger partial charge on any atom is 0.278 e. The largest absolute Gasteiger partial charge is 0.304 e. The Bertz CT molecular complexity index is 1480. The molecule has 2 aromatic carbocycles. The van der Waals surface area contributed by atoms with E-state index in [4.69, 9.17) is 11.6 Å². The quantitative estimate of drug-likeness (QED) is 0.451. The lowest BCUT2D eigenvalue weighted by Gasteiger charge is -2.22. The average Bonchev–Trinajstić information content (AvgIpc) is 3.36. The van der Waals surface area contributed by atoms with Gasteiger partial charge in [0.15, 0.2) is 5.13 Å². The number of nitrogens with one attached hydrogen (secondary N) is 1. The molecule has 0 spiro atoms. The minimum Gasteiger partial charge on any atom is -0.304 e. The number of halogens is 1. The van der Waals surface area contributed by atoms with Crippen molar-refractivity contribution >= 4 is 55.8 Å². The number of rotatable bonds is 5. The summed E-state index contributed by atoms with van der Waals surface area (Å²) in [6.45, 7) is 2.02. The molecule has 1 aliphatic heterocycles. The third kappa shape index (κ3) is 4.32. The van der Waals surface area contributed by atoms with Crippen LogP contribution in [0, 0.1) is 0 Å². The Morgan fingerprint density at radius 3 is 2.85 bits per heavy atom. The zero-order valence-corrected chi connectivity index (χ0v) is 19.8. The van der Waals surface area contributed by atoms with Gasteiger partial charge in [0.05, 0.1) is 16.8 Å². The minimum atomic E-state index is -0.381. The van der Waals surface area contributed by atoms with Gasteiger partial charge < -0.3 is 10.2 Å². The molecule has 8 nitrogen and oxygen atoms in total. The normalized spacial score (nSPS) is 14.9. The van der Waals surface area contributed by atoms with Crippen molar-refractivity contribution < 1.29 is 9.59 Å². The van der Waals surface area contributed by atoms with Crippen LogP contribution in [0.25, 0.3) is 10.2 Å². The van der Waals surface area contributed by atoms with Crippen molar-refractivity contribution in [2.24, 2.45) is 0 Å². The smallest absolute Gasteiger partial charge is 0.278 e. The van der Waals surface area contributed by atoms with Gasteiger partial charge in [0, 0.05) is 29.2 Å². The maximum absolute atomic E-state index is 13.2. The van der Waals surface area contributed by atoms with Gasteiger partial charge in [0.25, 0.3) is 11.5 Å². The van der Waals surface area contributed by atoms with Crippen LogP contribution < -0.4 is 15.8 Å². The van der Waals surface area contributed by atoms with Crippen molar-refractivity contribution in [2.45, 2.75) is 32.4 Å². The van der Waals surface area contributed by atoms with Gasteiger partial charge in [-0.2, -0.15) is 5.10 Å². The van der Waals surface area contributed by atoms with E-state index in [9.17, 15) is 14.4 Å². The highest BCUT2D eigenvalue weighted by Crippen LogP contribution is 2.32. The Morgan fingerprint density at radius 1 is 1.18 bits per heavy atom. The number of amides is 2. The first-order valence-electron chi connectivity index (χ1n) is 10.7. The van der Waals surface area contributed by atoms with Gasteiger partial charge in [0.2, 0.25) is 5.91 Å². The molecule has 172 valence electrons. The second-order valence-electron chi connectivity index (χ2n) is 8.07. The summed E-state index contributed by atoms with van der Waals surface area (Å²) < 4.78 is 2.02. The third-order valence-corrected chi connectivity index (χ3v) is 6.83. The second kappa shape index (κ2) is 9.00. The SMILES string of the molecule is CC1Cc2ccccc2N1C(=O)c1ccc(=O)n(CCC(=O)Nc2nc3ccc(Cl)cc3s2)n1. The lowest BCUT2D eigenvalue weighted by molar-refractivity contribution is -0.116. The number of carbonyl (C=O) groups excluding carboxylic acids is 2. The van der Waals surface area contributed by atoms with Crippen LogP contribution in [0.4, 0.5) is 10.8 Å². The van der Waals surface area contributed by atoms with Crippen molar-refractivity contribution in [1.29, 1.82) is 0 Å². The zero-order chi connectivity index (χ0) is 23.8. The first kappa shape index (κ1) is 22.2. The Hall–Kier alpha value is -3.56. The number of fused-ring (bicyclic) bond motifs is 2. The number of hydrogen-bond donors (Lipinski definition) is 1. The standard InChI is InChI=1S/C24H20ClN5O3S/c1-14-12-15-4-2-3-5-19(15)30(14)23(33)18-8-9-22(32)29(28-18)11-10-21(31)27-24-26-17-7-6-16(25)13-20(17)34-24/h2-9,13-14H,10-12H2,1H3,(H,26,27,31). The van der Waals surface area contributed by atoms with Gasteiger partial charge in [0.1, 0.15) is 5.69 Å². The van der Waals surface area contributed by atoms with Crippen molar-refractivity contribution in [3.05, 3.63) is 81.2 Å². The summed E-state index contributed by atoms with van der Waals surface area (Å²) in [6, 6.07) is 15.8. The van der Waals surface area contributed by atoms with E-state index in [1.165, 1.54) is 23.5 Å². The summed E-state index contributed by atoms with van der Waals surface area (Å²) in [5.74, 6) is -0.582. The Labute approximate surface area is 203 Å². The molecule has 0 bridgehead atoms. The van der Waals surface area contributed by atoms with Gasteiger partial charge in [-0.15, -0.1) is 0 Å². The second-order valence-corrected chi connectivity index (χ2v) is 9.53. The van der Waals surface area contributed by atoms with Crippen LogP contribution in [0.3, 0.4) is 0 Å². The fourth-order valence-corrected chi connectivity index (χ4v) is 5.22. The van der Waals surface area contributed by atoms with E-state index in [0.717, 1.165) is 32.6 Å². The lowest BCUT2D eigenvalue weighted by atomic mass is 10.1. The Balaban J connectivity index is 1.29. The van der Waals surface area contributed by atoms with Crippen molar-refractivity contribution in [1.82, 2.24) is 14.8 Å². The molecule has 2 aromatic heterocycles. The molecular weight excluding hydrogens is 474 g/mol. The van der Waals surface area contributed by atoms with Crippen LogP contribution in [-0.4, -0.2) is 32.6 Å². The minimum absolute atomic E-state index is 0.00415. The van der Waals surface area contributed by atoms with Crippen LogP contribution in [0.1, 0.15) is 29.4 Å². The van der Waals surface area contributed by atoms with Gasteiger partial charge in [-0.25, -0.2) is 9.67 Å². The molecular formula is C24H20ClN5O3S. The van der Waals surface area contributed by atoms with Crippen LogP contribution in [0.5, 0.6) is 0 Å². The van der Waals surface area contributed by atoms with E-state index in [1.54, 1.807) is 23.1 Å². The number of benzene rings is 2. The summed E-state index contributed by atoms with van der Waals surface area (Å²) in [5.41, 5.74) is 2.48. The third-order valence-electron chi connectivity index (χ3n) is 5.66. The fraction of sp³-hybridized carbons (Fsp3) is 0.208. The molecule has 0 saturated heterocycles. The summed E-state index contributed by atoms with van der Waals surface area (Å²) in [4.78, 5) is 44.1. The molecule has 3 heterocycles. The molecule has 10 heteroatoms. The molecule has 0 radical (unpaired) electrons. The number of thiazole rings is 1. The number of para-hydroxylation sites is 1. The zero-order valence-electron chi connectivity index (χ0n) is 18.2. The van der Waals surface area contributed by atoms with Gasteiger partial charge in [-0.3, -0.25) is 14.4 Å². The number of aromatic nitrogens is 3. The molecule has 0 saturated carbocycles. The van der Waals surface area contributed by atoms with Crippen molar-refractivity contribution in [3.8, 4) is 0 Å². The summed E-state index contributed by atoms with van der Waals surface area (Å²) >= 11 is 7.32. The van der Waals surface area contributed by atoms with E-state index in [0.29, 0.717) is 10.2 Å². The lowest BCUT2D eigenvalue weighted by Crippen LogP contribution is -2.37. The number of hydrogen-bond acceptors (Lipinski definition) is 6. The topological polar surface area (TPSA) is 97.2 Å². The highest BCUT2D eigenvalue weighted by atomic mass is 35.5. The van der Waals surface area contributed by atoms with E-state index >= 15 is 0 Å². The average molecular weight is 494 g/mol. The van der Waals surface area contributed by atoms with Crippen LogP contribution >= 0.6 is 22.9 Å². The summed E-state index contributed by atoms with van der Waals surface area (Å²) in [7, 11) is 0. The molecule has 5 rings (SSSR count). The van der Waals surface area contributed by atoms with Gasteiger partial charge in [-0.1, -0.05) is 41.1 Å². The molecule has 1 atom stereocenters. The highest BCUT2D eigenvalue weighted by Gasteiger charge is 2.32. The molecule has 0 fully saturated rings. The first-order valence-corrected chi connectivity index (χ1v) is 11.9. The molecule has 1 unspecified atom stereocenters. The fourth-order valence-electron chi connectivity index (χ4n) is 4.06. The number of anilines is 2. The number of aryl methyl sites for hydroxylation is 1. The predicted molar refractivity (Wildman–Crippen MR) is 133 cm³/mol. The van der Waals surface area contributed by atoms with Gasteiger partial charge in [-0.05, 0) is 49.2 Å². The van der Waals surface area contributed by atoms with E-state index in [-0.39, 0.29) is 42.1 Å². The monoisotopic (exact) mass is 493 g/mol. The van der Waals surface area contributed by atoms with Crippen molar-refractivity contribution in [2.75, 3.05) is 10.2 Å². The highest BCUT2D eigenvalue weighted by molar-refractivity contribution is 7.22. The van der Waals surface area contributed by atoms with Crippen LogP contribution in [0.2, 0.25) is 5.02 Å². The van der Waals surface area contributed by atoms with E-state index in [2.05, 4.69) is 15.4 Å². The van der Waals surface area contributed by atoms with Crippen LogP contribution in [0.15, 0.2) is 59.4 Å². The molecule has 34 heavy (non-hydrogen) atoms. The molecule has 0 aliphatic carbocycles.